The second-order valence-electron chi connectivity index (χ2n) is 4.88. The third-order valence-electron chi connectivity index (χ3n) is 3.81. The Morgan fingerprint density at radius 1 is 1.29 bits per heavy atom. The standard InChI is InChI=1S/C15H23NO/c1-3-11-7-8-13(10-12(11)4-2)15(17)14-6-5-9-16-14/h7-8,10,14-17H,3-6,9H2,1-2H3. The van der Waals surface area contributed by atoms with E-state index in [0.717, 1.165) is 31.4 Å². The van der Waals surface area contributed by atoms with Crippen LogP contribution in [-0.4, -0.2) is 17.7 Å². The van der Waals surface area contributed by atoms with Crippen LogP contribution in [0.3, 0.4) is 0 Å². The summed E-state index contributed by atoms with van der Waals surface area (Å²) in [4.78, 5) is 0. The van der Waals surface area contributed by atoms with Crippen LogP contribution in [0.2, 0.25) is 0 Å². The lowest BCUT2D eigenvalue weighted by molar-refractivity contribution is 0.137. The lowest BCUT2D eigenvalue weighted by Gasteiger charge is -2.20. The topological polar surface area (TPSA) is 32.3 Å². The van der Waals surface area contributed by atoms with Gasteiger partial charge in [0.1, 0.15) is 0 Å². The molecule has 2 heteroatoms. The van der Waals surface area contributed by atoms with Gasteiger partial charge in [-0.2, -0.15) is 0 Å². The van der Waals surface area contributed by atoms with Crippen molar-refractivity contribution in [2.75, 3.05) is 6.54 Å². The maximum absolute atomic E-state index is 10.3. The number of rotatable bonds is 4. The minimum absolute atomic E-state index is 0.243. The van der Waals surface area contributed by atoms with Crippen LogP contribution in [-0.2, 0) is 12.8 Å². The van der Waals surface area contributed by atoms with E-state index in [9.17, 15) is 5.11 Å². The number of benzene rings is 1. The molecule has 94 valence electrons. The first-order valence-electron chi connectivity index (χ1n) is 6.79. The van der Waals surface area contributed by atoms with Crippen LogP contribution >= 0.6 is 0 Å². The molecule has 0 amide bonds. The van der Waals surface area contributed by atoms with Gasteiger partial charge in [0, 0.05) is 6.04 Å². The smallest absolute Gasteiger partial charge is 0.0943 e. The minimum atomic E-state index is -0.353. The Morgan fingerprint density at radius 3 is 2.65 bits per heavy atom. The van der Waals surface area contributed by atoms with Gasteiger partial charge < -0.3 is 10.4 Å². The van der Waals surface area contributed by atoms with Crippen LogP contribution in [0, 0.1) is 0 Å². The highest BCUT2D eigenvalue weighted by atomic mass is 16.3. The van der Waals surface area contributed by atoms with Gasteiger partial charge in [0.2, 0.25) is 0 Å². The highest BCUT2D eigenvalue weighted by Crippen LogP contribution is 2.25. The van der Waals surface area contributed by atoms with Crippen molar-refractivity contribution in [2.24, 2.45) is 0 Å². The summed E-state index contributed by atoms with van der Waals surface area (Å²) in [5.74, 6) is 0. The molecule has 2 atom stereocenters. The first kappa shape index (κ1) is 12.6. The zero-order valence-corrected chi connectivity index (χ0v) is 10.9. The quantitative estimate of drug-likeness (QED) is 0.838. The largest absolute Gasteiger partial charge is 0.387 e. The van der Waals surface area contributed by atoms with Gasteiger partial charge in [-0.15, -0.1) is 0 Å². The molecule has 0 radical (unpaired) electrons. The van der Waals surface area contributed by atoms with Crippen LogP contribution in [0.1, 0.15) is 49.5 Å². The molecule has 0 bridgehead atoms. The fourth-order valence-electron chi connectivity index (χ4n) is 2.72. The number of aliphatic hydroxyl groups excluding tert-OH is 1. The summed E-state index contributed by atoms with van der Waals surface area (Å²) in [5.41, 5.74) is 3.85. The molecule has 1 aliphatic rings. The van der Waals surface area contributed by atoms with E-state index in [4.69, 9.17) is 0 Å². The van der Waals surface area contributed by atoms with Crippen molar-refractivity contribution in [1.82, 2.24) is 5.32 Å². The van der Waals surface area contributed by atoms with E-state index in [1.165, 1.54) is 17.5 Å². The first-order valence-corrected chi connectivity index (χ1v) is 6.79. The normalized spacial score (nSPS) is 21.7. The van der Waals surface area contributed by atoms with Crippen molar-refractivity contribution >= 4 is 0 Å². The van der Waals surface area contributed by atoms with Crippen molar-refractivity contribution in [3.63, 3.8) is 0 Å². The number of aliphatic hydroxyl groups is 1. The third kappa shape index (κ3) is 2.70. The van der Waals surface area contributed by atoms with Crippen LogP contribution in [0.25, 0.3) is 0 Å². The molecule has 2 nitrogen and oxygen atoms in total. The third-order valence-corrected chi connectivity index (χ3v) is 3.81. The number of aryl methyl sites for hydroxylation is 2. The van der Waals surface area contributed by atoms with Crippen LogP contribution in [0.4, 0.5) is 0 Å². The lowest BCUT2D eigenvalue weighted by Crippen LogP contribution is -2.28. The maximum Gasteiger partial charge on any atom is 0.0943 e. The van der Waals surface area contributed by atoms with Crippen molar-refractivity contribution in [2.45, 2.75) is 51.7 Å². The van der Waals surface area contributed by atoms with Crippen molar-refractivity contribution in [3.8, 4) is 0 Å². The van der Waals surface area contributed by atoms with Crippen LogP contribution in [0.5, 0.6) is 0 Å². The average molecular weight is 233 g/mol. The molecule has 17 heavy (non-hydrogen) atoms. The molecule has 0 aliphatic carbocycles. The molecule has 1 aliphatic heterocycles. The van der Waals surface area contributed by atoms with E-state index in [1.807, 2.05) is 0 Å². The Kier molecular flexibility index (Phi) is 4.19. The second kappa shape index (κ2) is 5.65. The van der Waals surface area contributed by atoms with Gasteiger partial charge in [-0.1, -0.05) is 32.0 Å². The van der Waals surface area contributed by atoms with Gasteiger partial charge in [-0.3, -0.25) is 0 Å². The fraction of sp³-hybridized carbons (Fsp3) is 0.600. The van der Waals surface area contributed by atoms with E-state index in [2.05, 4.69) is 37.4 Å². The van der Waals surface area contributed by atoms with Crippen LogP contribution < -0.4 is 5.32 Å². The predicted octanol–water partition coefficient (Wildman–Crippen LogP) is 2.60. The van der Waals surface area contributed by atoms with Gasteiger partial charge in [-0.25, -0.2) is 0 Å². The van der Waals surface area contributed by atoms with Crippen LogP contribution in [0.15, 0.2) is 18.2 Å². The Labute approximate surface area is 104 Å². The van der Waals surface area contributed by atoms with E-state index in [-0.39, 0.29) is 12.1 Å². The minimum Gasteiger partial charge on any atom is -0.387 e. The summed E-state index contributed by atoms with van der Waals surface area (Å²) >= 11 is 0. The molecule has 1 saturated heterocycles. The average Bonchev–Trinajstić information content (AvgIpc) is 2.90. The van der Waals surface area contributed by atoms with E-state index in [0.29, 0.717) is 0 Å². The monoisotopic (exact) mass is 233 g/mol. The zero-order valence-electron chi connectivity index (χ0n) is 10.9. The lowest BCUT2D eigenvalue weighted by atomic mass is 9.94. The summed E-state index contributed by atoms with van der Waals surface area (Å²) in [6.07, 6.45) is 4.02. The van der Waals surface area contributed by atoms with Gasteiger partial charge in [0.05, 0.1) is 6.10 Å². The predicted molar refractivity (Wildman–Crippen MR) is 71.2 cm³/mol. The van der Waals surface area contributed by atoms with E-state index in [1.54, 1.807) is 0 Å². The molecule has 2 rings (SSSR count). The second-order valence-corrected chi connectivity index (χ2v) is 4.88. The van der Waals surface area contributed by atoms with E-state index < -0.39 is 0 Å². The SMILES string of the molecule is CCc1ccc(C(O)C2CCCN2)cc1CC. The summed E-state index contributed by atoms with van der Waals surface area (Å²) in [7, 11) is 0. The van der Waals surface area contributed by atoms with E-state index >= 15 is 0 Å². The molecule has 0 spiro atoms. The van der Waals surface area contributed by atoms with Crippen molar-refractivity contribution < 1.29 is 5.11 Å². The summed E-state index contributed by atoms with van der Waals surface area (Å²) in [6.45, 7) is 5.40. The molecule has 1 aromatic carbocycles. The highest BCUT2D eigenvalue weighted by Gasteiger charge is 2.24. The van der Waals surface area contributed by atoms with Gasteiger partial charge in [0.15, 0.2) is 0 Å². The molecular formula is C15H23NO. The van der Waals surface area contributed by atoms with Gasteiger partial charge in [-0.05, 0) is 48.9 Å². The number of nitrogens with one attached hydrogen (secondary N) is 1. The number of hydrogen-bond acceptors (Lipinski definition) is 2. The maximum atomic E-state index is 10.3. The Morgan fingerprint density at radius 2 is 2.06 bits per heavy atom. The van der Waals surface area contributed by atoms with Crippen molar-refractivity contribution in [1.29, 1.82) is 0 Å². The van der Waals surface area contributed by atoms with Crippen molar-refractivity contribution in [3.05, 3.63) is 34.9 Å². The molecule has 2 unspecified atom stereocenters. The zero-order chi connectivity index (χ0) is 12.3. The molecule has 1 heterocycles. The summed E-state index contributed by atoms with van der Waals surface area (Å²) in [6, 6.07) is 6.69. The molecule has 1 aromatic rings. The Balaban J connectivity index is 2.20. The summed E-state index contributed by atoms with van der Waals surface area (Å²) < 4.78 is 0. The molecule has 2 N–H and O–H groups in total. The fourth-order valence-corrected chi connectivity index (χ4v) is 2.72. The molecule has 0 aromatic heterocycles. The first-order chi connectivity index (χ1) is 8.26. The highest BCUT2D eigenvalue weighted by molar-refractivity contribution is 5.33. The molecule has 1 fully saturated rings. The Hall–Kier alpha value is -0.860. The summed E-state index contributed by atoms with van der Waals surface area (Å²) in [5, 5.41) is 13.7. The molecular weight excluding hydrogens is 210 g/mol. The van der Waals surface area contributed by atoms with Gasteiger partial charge >= 0.3 is 0 Å². The van der Waals surface area contributed by atoms with Gasteiger partial charge in [0.25, 0.3) is 0 Å². The molecule has 0 saturated carbocycles. The Bertz CT molecular complexity index is 369. The number of hydrogen-bond donors (Lipinski definition) is 2.